The lowest BCUT2D eigenvalue weighted by molar-refractivity contribution is -0.188. The molecule has 7 heteroatoms. The third-order valence-corrected chi connectivity index (χ3v) is 3.37. The van der Waals surface area contributed by atoms with Gasteiger partial charge in [0.2, 0.25) is 5.91 Å². The van der Waals surface area contributed by atoms with Crippen molar-refractivity contribution >= 4 is 18.3 Å². The Balaban J connectivity index is 0.00000289. The second-order valence-corrected chi connectivity index (χ2v) is 4.81. The lowest BCUT2D eigenvalue weighted by atomic mass is 9.95. The minimum Gasteiger partial charge on any atom is -0.342 e. The lowest BCUT2D eigenvalue weighted by Gasteiger charge is -2.35. The minimum absolute atomic E-state index is 0. The van der Waals surface area contributed by atoms with Crippen molar-refractivity contribution in [1.29, 1.82) is 0 Å². The van der Waals surface area contributed by atoms with Gasteiger partial charge in [-0.1, -0.05) is 6.92 Å². The summed E-state index contributed by atoms with van der Waals surface area (Å²) in [5.74, 6) is -2.09. The van der Waals surface area contributed by atoms with E-state index in [9.17, 15) is 18.0 Å². The number of piperidine rings is 1. The minimum atomic E-state index is -4.21. The van der Waals surface area contributed by atoms with Crippen molar-refractivity contribution in [2.24, 2.45) is 17.6 Å². The number of carbonyl (C=O) groups excluding carboxylic acids is 1. The van der Waals surface area contributed by atoms with Crippen LogP contribution in [-0.4, -0.2) is 36.1 Å². The van der Waals surface area contributed by atoms with Gasteiger partial charge in [-0.15, -0.1) is 12.4 Å². The van der Waals surface area contributed by atoms with Crippen LogP contribution < -0.4 is 5.73 Å². The fraction of sp³-hybridized carbons (Fsp3) is 0.909. The van der Waals surface area contributed by atoms with Crippen LogP contribution in [0, 0.1) is 11.8 Å². The normalized spacial score (nSPS) is 24.1. The number of carbonyl (C=O) groups is 1. The molecule has 1 heterocycles. The summed E-state index contributed by atoms with van der Waals surface area (Å²) in [5.41, 5.74) is 5.59. The molecule has 0 aromatic rings. The average Bonchev–Trinajstić information content (AvgIpc) is 2.26. The Morgan fingerprint density at radius 2 is 1.94 bits per heavy atom. The topological polar surface area (TPSA) is 46.3 Å². The third kappa shape index (κ3) is 4.31. The van der Waals surface area contributed by atoms with Gasteiger partial charge in [-0.25, -0.2) is 0 Å². The van der Waals surface area contributed by atoms with Gasteiger partial charge in [-0.3, -0.25) is 4.79 Å². The van der Waals surface area contributed by atoms with E-state index in [1.165, 1.54) is 4.90 Å². The Hall–Kier alpha value is -0.490. The SMILES string of the molecule is CC(N)C(C)C(=O)N1CCCC(C(F)(F)F)C1.Cl. The molecule has 3 unspecified atom stereocenters. The standard InChI is InChI=1S/C11H19F3N2O.ClH/c1-7(8(2)15)10(17)16-5-3-4-9(6-16)11(12,13)14;/h7-9H,3-6,15H2,1-2H3;1H. The highest BCUT2D eigenvalue weighted by molar-refractivity contribution is 5.85. The van der Waals surface area contributed by atoms with Crippen molar-refractivity contribution in [3.63, 3.8) is 0 Å². The number of nitrogens with zero attached hydrogens (tertiary/aromatic N) is 1. The molecule has 0 aromatic carbocycles. The van der Waals surface area contributed by atoms with E-state index < -0.39 is 18.0 Å². The Bertz CT molecular complexity index is 284. The van der Waals surface area contributed by atoms with Gasteiger partial charge in [0.15, 0.2) is 0 Å². The number of halogens is 4. The van der Waals surface area contributed by atoms with Gasteiger partial charge >= 0.3 is 6.18 Å². The third-order valence-electron chi connectivity index (χ3n) is 3.37. The van der Waals surface area contributed by atoms with Crippen molar-refractivity contribution in [2.75, 3.05) is 13.1 Å². The summed E-state index contributed by atoms with van der Waals surface area (Å²) in [6, 6.07) is -0.339. The Labute approximate surface area is 111 Å². The molecule has 1 aliphatic heterocycles. The van der Waals surface area contributed by atoms with Crippen LogP contribution in [0.25, 0.3) is 0 Å². The second-order valence-electron chi connectivity index (χ2n) is 4.81. The van der Waals surface area contributed by atoms with E-state index in [0.717, 1.165) is 0 Å². The number of nitrogens with two attached hydrogens (primary N) is 1. The molecule has 1 rings (SSSR count). The highest BCUT2D eigenvalue weighted by Crippen LogP contribution is 2.33. The predicted octanol–water partition coefficient (Wildman–Crippen LogP) is 2.19. The molecular weight excluding hydrogens is 269 g/mol. The summed E-state index contributed by atoms with van der Waals surface area (Å²) >= 11 is 0. The molecule has 1 fully saturated rings. The van der Waals surface area contributed by atoms with Gasteiger partial charge < -0.3 is 10.6 Å². The maximum absolute atomic E-state index is 12.6. The molecule has 18 heavy (non-hydrogen) atoms. The summed E-state index contributed by atoms with van der Waals surface area (Å²) in [6.45, 7) is 3.53. The van der Waals surface area contributed by atoms with E-state index in [-0.39, 0.29) is 37.3 Å². The van der Waals surface area contributed by atoms with Crippen LogP contribution in [-0.2, 0) is 4.79 Å². The van der Waals surface area contributed by atoms with Crippen molar-refractivity contribution in [3.8, 4) is 0 Å². The molecule has 0 aromatic heterocycles. The van der Waals surface area contributed by atoms with Gasteiger partial charge in [0.1, 0.15) is 0 Å². The molecule has 2 N–H and O–H groups in total. The van der Waals surface area contributed by atoms with E-state index in [2.05, 4.69) is 0 Å². The van der Waals surface area contributed by atoms with Crippen molar-refractivity contribution < 1.29 is 18.0 Å². The molecule has 1 aliphatic rings. The van der Waals surface area contributed by atoms with Crippen molar-refractivity contribution in [2.45, 2.75) is 38.9 Å². The van der Waals surface area contributed by atoms with Crippen LogP contribution in [0.3, 0.4) is 0 Å². The van der Waals surface area contributed by atoms with Crippen molar-refractivity contribution in [3.05, 3.63) is 0 Å². The molecule has 0 saturated carbocycles. The molecule has 108 valence electrons. The van der Waals surface area contributed by atoms with Gasteiger partial charge in [-0.05, 0) is 19.8 Å². The van der Waals surface area contributed by atoms with Gasteiger partial charge in [0.05, 0.1) is 11.8 Å². The zero-order valence-corrected chi connectivity index (χ0v) is 11.4. The summed E-state index contributed by atoms with van der Waals surface area (Å²) in [5, 5.41) is 0. The van der Waals surface area contributed by atoms with Crippen molar-refractivity contribution in [1.82, 2.24) is 4.90 Å². The number of hydrogen-bond acceptors (Lipinski definition) is 2. The maximum atomic E-state index is 12.6. The van der Waals surface area contributed by atoms with Crippen LogP contribution >= 0.6 is 12.4 Å². The molecule has 3 nitrogen and oxygen atoms in total. The summed E-state index contributed by atoms with van der Waals surface area (Å²) in [4.78, 5) is 13.2. The van der Waals surface area contributed by atoms with Gasteiger partial charge in [0, 0.05) is 19.1 Å². The highest BCUT2D eigenvalue weighted by atomic mass is 35.5. The first-order valence-corrected chi connectivity index (χ1v) is 5.84. The van der Waals surface area contributed by atoms with Crippen LogP contribution in [0.4, 0.5) is 13.2 Å². The molecular formula is C11H20ClF3N2O. The first-order chi connectivity index (χ1) is 7.73. The number of alkyl halides is 3. The quantitative estimate of drug-likeness (QED) is 0.847. The zero-order chi connectivity index (χ0) is 13.2. The predicted molar refractivity (Wildman–Crippen MR) is 65.4 cm³/mol. The summed E-state index contributed by atoms with van der Waals surface area (Å²) in [6.07, 6.45) is -3.70. The van der Waals surface area contributed by atoms with Crippen LogP contribution in [0.1, 0.15) is 26.7 Å². The first kappa shape index (κ1) is 17.5. The smallest absolute Gasteiger partial charge is 0.342 e. The van der Waals surface area contributed by atoms with Crippen LogP contribution in [0.2, 0.25) is 0 Å². The van der Waals surface area contributed by atoms with E-state index in [1.54, 1.807) is 13.8 Å². The number of hydrogen-bond donors (Lipinski definition) is 1. The zero-order valence-electron chi connectivity index (χ0n) is 10.5. The van der Waals surface area contributed by atoms with Gasteiger partial charge in [-0.2, -0.15) is 13.2 Å². The average molecular weight is 289 g/mol. The van der Waals surface area contributed by atoms with E-state index in [0.29, 0.717) is 13.0 Å². The molecule has 0 aliphatic carbocycles. The summed E-state index contributed by atoms with van der Waals surface area (Å²) < 4.78 is 37.7. The fourth-order valence-electron chi connectivity index (χ4n) is 1.96. The molecule has 1 amide bonds. The molecule has 0 bridgehead atoms. The van der Waals surface area contributed by atoms with E-state index in [4.69, 9.17) is 5.73 Å². The first-order valence-electron chi connectivity index (χ1n) is 5.84. The number of likely N-dealkylation sites (tertiary alicyclic amines) is 1. The maximum Gasteiger partial charge on any atom is 0.393 e. The fourth-order valence-corrected chi connectivity index (χ4v) is 1.96. The second kappa shape index (κ2) is 6.61. The number of rotatable bonds is 2. The molecule has 3 atom stereocenters. The highest BCUT2D eigenvalue weighted by Gasteiger charge is 2.43. The Morgan fingerprint density at radius 3 is 2.39 bits per heavy atom. The molecule has 1 saturated heterocycles. The van der Waals surface area contributed by atoms with E-state index >= 15 is 0 Å². The number of amides is 1. The monoisotopic (exact) mass is 288 g/mol. The Kier molecular flexibility index (Phi) is 6.43. The van der Waals surface area contributed by atoms with Gasteiger partial charge in [0.25, 0.3) is 0 Å². The molecule has 0 radical (unpaired) electrons. The van der Waals surface area contributed by atoms with Crippen LogP contribution in [0.15, 0.2) is 0 Å². The van der Waals surface area contributed by atoms with Crippen LogP contribution in [0.5, 0.6) is 0 Å². The molecule has 0 spiro atoms. The lowest BCUT2D eigenvalue weighted by Crippen LogP contribution is -2.48. The van der Waals surface area contributed by atoms with E-state index in [1.807, 2.05) is 0 Å². The largest absolute Gasteiger partial charge is 0.393 e. The summed E-state index contributed by atoms with van der Waals surface area (Å²) in [7, 11) is 0. The Morgan fingerprint density at radius 1 is 1.39 bits per heavy atom.